The Balaban J connectivity index is 2.13. The molecule has 1 aromatic rings. The fourth-order valence-electron chi connectivity index (χ4n) is 2.30. The number of carbonyl (C=O) groups excluding carboxylic acids is 1. The Bertz CT molecular complexity index is 395. The molecular weight excluding hydrogens is 228 g/mol. The van der Waals surface area contributed by atoms with E-state index in [4.69, 9.17) is 5.73 Å². The van der Waals surface area contributed by atoms with Gasteiger partial charge in [-0.05, 0) is 23.6 Å². The van der Waals surface area contributed by atoms with E-state index in [1.807, 2.05) is 12.1 Å². The number of carbonyl (C=O) groups is 1. The van der Waals surface area contributed by atoms with Gasteiger partial charge < -0.3 is 11.1 Å². The number of nitrogens with zero attached hydrogens (tertiary/aromatic N) is 2. The van der Waals surface area contributed by atoms with Gasteiger partial charge in [-0.1, -0.05) is 6.92 Å². The quantitative estimate of drug-likeness (QED) is 0.788. The van der Waals surface area contributed by atoms with Gasteiger partial charge in [-0.15, -0.1) is 0 Å². The predicted molar refractivity (Wildman–Crippen MR) is 69.7 cm³/mol. The highest BCUT2D eigenvalue weighted by Gasteiger charge is 2.29. The van der Waals surface area contributed by atoms with Crippen molar-refractivity contribution in [2.24, 2.45) is 11.7 Å². The fraction of sp³-hybridized carbons (Fsp3) is 0.538. The van der Waals surface area contributed by atoms with Gasteiger partial charge in [0.05, 0.1) is 0 Å². The van der Waals surface area contributed by atoms with Crippen molar-refractivity contribution in [2.75, 3.05) is 19.6 Å². The molecule has 98 valence electrons. The van der Waals surface area contributed by atoms with Crippen LogP contribution in [-0.4, -0.2) is 41.5 Å². The molecule has 1 fully saturated rings. The van der Waals surface area contributed by atoms with Crippen LogP contribution >= 0.6 is 0 Å². The third-order valence-corrected chi connectivity index (χ3v) is 3.27. The van der Waals surface area contributed by atoms with Gasteiger partial charge in [0, 0.05) is 38.6 Å². The van der Waals surface area contributed by atoms with Crippen LogP contribution in [0.15, 0.2) is 24.5 Å². The molecule has 1 saturated heterocycles. The molecule has 0 spiro atoms. The summed E-state index contributed by atoms with van der Waals surface area (Å²) in [6.45, 7) is 4.83. The van der Waals surface area contributed by atoms with E-state index in [0.29, 0.717) is 12.5 Å². The largest absolute Gasteiger partial charge is 0.354 e. The second-order valence-corrected chi connectivity index (χ2v) is 4.89. The summed E-state index contributed by atoms with van der Waals surface area (Å²) in [5.74, 6) is 0.475. The Labute approximate surface area is 107 Å². The Morgan fingerprint density at radius 3 is 2.89 bits per heavy atom. The highest BCUT2D eigenvalue weighted by Crippen LogP contribution is 2.13. The first kappa shape index (κ1) is 13.0. The fourth-order valence-corrected chi connectivity index (χ4v) is 2.30. The Morgan fingerprint density at radius 2 is 2.22 bits per heavy atom. The molecule has 2 rings (SSSR count). The molecule has 0 radical (unpaired) electrons. The van der Waals surface area contributed by atoms with E-state index in [0.717, 1.165) is 25.2 Å². The molecule has 5 heteroatoms. The molecular formula is C13H20N4O. The highest BCUT2D eigenvalue weighted by atomic mass is 16.2. The molecule has 2 atom stereocenters. The minimum absolute atomic E-state index is 0.0379. The van der Waals surface area contributed by atoms with E-state index in [2.05, 4.69) is 22.1 Å². The number of nitrogens with two attached hydrogens (primary N) is 1. The standard InChI is InChI=1S/C13H20N4O/c1-10-7-16-13(18)12(6-14)17(8-10)9-11-2-4-15-5-3-11/h2-5,10,12H,6-9,14H2,1H3,(H,16,18). The first-order valence-electron chi connectivity index (χ1n) is 6.31. The highest BCUT2D eigenvalue weighted by molar-refractivity contribution is 5.82. The maximum Gasteiger partial charge on any atom is 0.238 e. The van der Waals surface area contributed by atoms with Crippen LogP contribution in [-0.2, 0) is 11.3 Å². The normalized spacial score (nSPS) is 25.6. The lowest BCUT2D eigenvalue weighted by Gasteiger charge is -2.28. The number of nitrogens with one attached hydrogen (secondary N) is 1. The maximum absolute atomic E-state index is 11.9. The second-order valence-electron chi connectivity index (χ2n) is 4.89. The van der Waals surface area contributed by atoms with Crippen molar-refractivity contribution in [1.82, 2.24) is 15.2 Å². The SMILES string of the molecule is CC1CNC(=O)C(CN)N(Cc2ccncc2)C1. The van der Waals surface area contributed by atoms with Crippen LogP contribution in [0.1, 0.15) is 12.5 Å². The molecule has 1 amide bonds. The van der Waals surface area contributed by atoms with Crippen molar-refractivity contribution in [2.45, 2.75) is 19.5 Å². The smallest absolute Gasteiger partial charge is 0.238 e. The molecule has 1 aliphatic rings. The zero-order valence-electron chi connectivity index (χ0n) is 10.7. The van der Waals surface area contributed by atoms with Gasteiger partial charge in [0.1, 0.15) is 6.04 Å². The maximum atomic E-state index is 11.9. The summed E-state index contributed by atoms with van der Waals surface area (Å²) in [6.07, 6.45) is 3.54. The Kier molecular flexibility index (Phi) is 4.28. The molecule has 0 aromatic carbocycles. The average Bonchev–Trinajstić information content (AvgIpc) is 2.50. The van der Waals surface area contributed by atoms with Gasteiger partial charge in [-0.25, -0.2) is 0 Å². The van der Waals surface area contributed by atoms with Crippen molar-refractivity contribution in [3.8, 4) is 0 Å². The number of aromatic nitrogens is 1. The molecule has 3 N–H and O–H groups in total. The van der Waals surface area contributed by atoms with Gasteiger partial charge in [-0.3, -0.25) is 14.7 Å². The van der Waals surface area contributed by atoms with Crippen LogP contribution in [0, 0.1) is 5.92 Å². The van der Waals surface area contributed by atoms with Crippen LogP contribution < -0.4 is 11.1 Å². The van der Waals surface area contributed by atoms with Gasteiger partial charge >= 0.3 is 0 Å². The van der Waals surface area contributed by atoms with Crippen molar-refractivity contribution in [3.63, 3.8) is 0 Å². The summed E-state index contributed by atoms with van der Waals surface area (Å²) in [5.41, 5.74) is 6.90. The lowest BCUT2D eigenvalue weighted by atomic mass is 10.1. The van der Waals surface area contributed by atoms with Crippen molar-refractivity contribution >= 4 is 5.91 Å². The molecule has 0 aliphatic carbocycles. The van der Waals surface area contributed by atoms with Gasteiger partial charge in [0.15, 0.2) is 0 Å². The first-order valence-corrected chi connectivity index (χ1v) is 6.31. The Morgan fingerprint density at radius 1 is 1.50 bits per heavy atom. The summed E-state index contributed by atoms with van der Waals surface area (Å²) in [6, 6.07) is 3.71. The number of hydrogen-bond acceptors (Lipinski definition) is 4. The third kappa shape index (κ3) is 3.05. The van der Waals surface area contributed by atoms with Crippen LogP contribution in [0.25, 0.3) is 0 Å². The molecule has 2 heterocycles. The predicted octanol–water partition coefficient (Wildman–Crippen LogP) is -0.0232. The molecule has 18 heavy (non-hydrogen) atoms. The van der Waals surface area contributed by atoms with E-state index < -0.39 is 0 Å². The Hall–Kier alpha value is -1.46. The lowest BCUT2D eigenvalue weighted by molar-refractivity contribution is -0.125. The lowest BCUT2D eigenvalue weighted by Crippen LogP contribution is -2.48. The molecule has 1 aliphatic heterocycles. The molecule has 2 unspecified atom stereocenters. The molecule has 5 nitrogen and oxygen atoms in total. The van der Waals surface area contributed by atoms with Crippen LogP contribution in [0.2, 0.25) is 0 Å². The van der Waals surface area contributed by atoms with Gasteiger partial charge in [-0.2, -0.15) is 0 Å². The summed E-state index contributed by atoms with van der Waals surface area (Å²) in [7, 11) is 0. The average molecular weight is 248 g/mol. The minimum Gasteiger partial charge on any atom is -0.354 e. The van der Waals surface area contributed by atoms with Crippen molar-refractivity contribution in [1.29, 1.82) is 0 Å². The zero-order chi connectivity index (χ0) is 13.0. The van der Waals surface area contributed by atoms with Crippen LogP contribution in [0.5, 0.6) is 0 Å². The summed E-state index contributed by atoms with van der Waals surface area (Å²) < 4.78 is 0. The first-order chi connectivity index (χ1) is 8.70. The number of amides is 1. The summed E-state index contributed by atoms with van der Waals surface area (Å²) >= 11 is 0. The van der Waals surface area contributed by atoms with Gasteiger partial charge in [0.25, 0.3) is 0 Å². The summed E-state index contributed by atoms with van der Waals surface area (Å²) in [5, 5.41) is 2.94. The van der Waals surface area contributed by atoms with Crippen LogP contribution in [0.3, 0.4) is 0 Å². The second kappa shape index (κ2) is 5.93. The molecule has 1 aromatic heterocycles. The molecule has 0 bridgehead atoms. The number of rotatable bonds is 3. The molecule has 0 saturated carbocycles. The van der Waals surface area contributed by atoms with E-state index in [-0.39, 0.29) is 11.9 Å². The van der Waals surface area contributed by atoms with Crippen molar-refractivity contribution in [3.05, 3.63) is 30.1 Å². The number of pyridine rings is 1. The van der Waals surface area contributed by atoms with Gasteiger partial charge in [0.2, 0.25) is 5.91 Å². The number of hydrogen-bond donors (Lipinski definition) is 2. The van der Waals surface area contributed by atoms with E-state index in [9.17, 15) is 4.79 Å². The topological polar surface area (TPSA) is 71.2 Å². The van der Waals surface area contributed by atoms with Crippen LogP contribution in [0.4, 0.5) is 0 Å². The summed E-state index contributed by atoms with van der Waals surface area (Å²) in [4.78, 5) is 18.1. The third-order valence-electron chi connectivity index (χ3n) is 3.27. The van der Waals surface area contributed by atoms with E-state index in [1.165, 1.54) is 0 Å². The van der Waals surface area contributed by atoms with Crippen molar-refractivity contribution < 1.29 is 4.79 Å². The minimum atomic E-state index is -0.233. The van der Waals surface area contributed by atoms with E-state index >= 15 is 0 Å². The zero-order valence-corrected chi connectivity index (χ0v) is 10.7. The monoisotopic (exact) mass is 248 g/mol. The van der Waals surface area contributed by atoms with E-state index in [1.54, 1.807) is 12.4 Å².